The van der Waals surface area contributed by atoms with Crippen LogP contribution in [0.1, 0.15) is 30.1 Å². The number of aromatic nitrogens is 1. The molecule has 2 aliphatic heterocycles. The van der Waals surface area contributed by atoms with E-state index in [0.717, 1.165) is 57.3 Å². The lowest BCUT2D eigenvalue weighted by Crippen LogP contribution is -2.48. The first kappa shape index (κ1) is 18.7. The van der Waals surface area contributed by atoms with E-state index in [2.05, 4.69) is 51.3 Å². The van der Waals surface area contributed by atoms with E-state index in [9.17, 15) is 4.79 Å². The molecular weight excluding hydrogens is 350 g/mol. The zero-order valence-electron chi connectivity index (χ0n) is 16.6. The van der Waals surface area contributed by atoms with E-state index in [0.29, 0.717) is 5.56 Å². The van der Waals surface area contributed by atoms with Crippen LogP contribution < -0.4 is 10.2 Å². The van der Waals surface area contributed by atoms with Crippen molar-refractivity contribution < 1.29 is 4.79 Å². The van der Waals surface area contributed by atoms with E-state index in [4.69, 9.17) is 0 Å². The van der Waals surface area contributed by atoms with Crippen molar-refractivity contribution in [2.24, 2.45) is 0 Å². The molecule has 2 fully saturated rings. The van der Waals surface area contributed by atoms with Crippen molar-refractivity contribution in [3.8, 4) is 0 Å². The molecule has 0 bridgehead atoms. The summed E-state index contributed by atoms with van der Waals surface area (Å²) >= 11 is 0. The van der Waals surface area contributed by atoms with Crippen LogP contribution in [-0.2, 0) is 0 Å². The standard InChI is InChI=1S/C22H29N5O/c1-2-25-13-15-27(16-14-25)22(28)18-5-10-21(23-17-18)24-19-6-8-20(9-7-19)26-11-3-4-12-26/h5-10,17H,2-4,11-16H2,1H3,(H,23,24). The van der Waals surface area contributed by atoms with Gasteiger partial charge in [-0.3, -0.25) is 4.79 Å². The lowest BCUT2D eigenvalue weighted by atomic mass is 10.2. The molecule has 0 aliphatic carbocycles. The maximum Gasteiger partial charge on any atom is 0.255 e. The average Bonchev–Trinajstić information content (AvgIpc) is 3.29. The van der Waals surface area contributed by atoms with Gasteiger partial charge in [0.2, 0.25) is 0 Å². The Morgan fingerprint density at radius 1 is 0.964 bits per heavy atom. The number of benzene rings is 1. The minimum Gasteiger partial charge on any atom is -0.372 e. The molecule has 1 aromatic carbocycles. The number of likely N-dealkylation sites (N-methyl/N-ethyl adjacent to an activating group) is 1. The first-order valence-corrected chi connectivity index (χ1v) is 10.3. The fourth-order valence-electron chi connectivity index (χ4n) is 3.92. The first-order chi connectivity index (χ1) is 13.7. The molecule has 3 heterocycles. The molecular formula is C22H29N5O. The Morgan fingerprint density at radius 3 is 2.29 bits per heavy atom. The summed E-state index contributed by atoms with van der Waals surface area (Å²) in [5.41, 5.74) is 2.94. The lowest BCUT2D eigenvalue weighted by molar-refractivity contribution is 0.0643. The van der Waals surface area contributed by atoms with Gasteiger partial charge in [0.1, 0.15) is 5.82 Å². The zero-order valence-corrected chi connectivity index (χ0v) is 16.6. The van der Waals surface area contributed by atoms with Gasteiger partial charge in [-0.2, -0.15) is 0 Å². The Morgan fingerprint density at radius 2 is 1.68 bits per heavy atom. The number of anilines is 3. The lowest BCUT2D eigenvalue weighted by Gasteiger charge is -2.34. The molecule has 0 saturated carbocycles. The first-order valence-electron chi connectivity index (χ1n) is 10.3. The highest BCUT2D eigenvalue weighted by atomic mass is 16.2. The van der Waals surface area contributed by atoms with Crippen molar-refractivity contribution in [3.05, 3.63) is 48.2 Å². The second-order valence-corrected chi connectivity index (χ2v) is 7.52. The second kappa shape index (κ2) is 8.61. The van der Waals surface area contributed by atoms with E-state index in [-0.39, 0.29) is 5.91 Å². The van der Waals surface area contributed by atoms with Gasteiger partial charge in [0.15, 0.2) is 0 Å². The number of nitrogens with one attached hydrogen (secondary N) is 1. The van der Waals surface area contributed by atoms with Gasteiger partial charge in [-0.1, -0.05) is 6.92 Å². The highest BCUT2D eigenvalue weighted by Gasteiger charge is 2.21. The summed E-state index contributed by atoms with van der Waals surface area (Å²) < 4.78 is 0. The summed E-state index contributed by atoms with van der Waals surface area (Å²) in [7, 11) is 0. The van der Waals surface area contributed by atoms with Crippen LogP contribution in [0.15, 0.2) is 42.6 Å². The van der Waals surface area contributed by atoms with Gasteiger partial charge in [-0.25, -0.2) is 4.98 Å². The monoisotopic (exact) mass is 379 g/mol. The van der Waals surface area contributed by atoms with E-state index < -0.39 is 0 Å². The number of rotatable bonds is 5. The highest BCUT2D eigenvalue weighted by molar-refractivity contribution is 5.94. The summed E-state index contributed by atoms with van der Waals surface area (Å²) in [5, 5.41) is 3.32. The van der Waals surface area contributed by atoms with Crippen molar-refractivity contribution in [1.29, 1.82) is 0 Å². The minimum atomic E-state index is 0.0739. The zero-order chi connectivity index (χ0) is 19.3. The topological polar surface area (TPSA) is 51.7 Å². The fraction of sp³-hybridized carbons (Fsp3) is 0.455. The van der Waals surface area contributed by atoms with E-state index in [1.807, 2.05) is 17.0 Å². The van der Waals surface area contributed by atoms with Crippen molar-refractivity contribution in [2.45, 2.75) is 19.8 Å². The van der Waals surface area contributed by atoms with Crippen molar-refractivity contribution in [1.82, 2.24) is 14.8 Å². The smallest absolute Gasteiger partial charge is 0.255 e. The summed E-state index contributed by atoms with van der Waals surface area (Å²) in [6.07, 6.45) is 4.24. The molecule has 2 aliphatic rings. The number of piperazine rings is 1. The minimum absolute atomic E-state index is 0.0739. The van der Waals surface area contributed by atoms with E-state index in [1.165, 1.54) is 18.5 Å². The highest BCUT2D eigenvalue weighted by Crippen LogP contribution is 2.23. The molecule has 28 heavy (non-hydrogen) atoms. The normalized spacial score (nSPS) is 17.8. The molecule has 1 amide bonds. The fourth-order valence-corrected chi connectivity index (χ4v) is 3.92. The molecule has 1 N–H and O–H groups in total. The molecule has 6 nitrogen and oxygen atoms in total. The van der Waals surface area contributed by atoms with Crippen molar-refractivity contribution in [2.75, 3.05) is 56.0 Å². The summed E-state index contributed by atoms with van der Waals surface area (Å²) in [4.78, 5) is 23.8. The number of amides is 1. The molecule has 4 rings (SSSR count). The van der Waals surface area contributed by atoms with Gasteiger partial charge in [0.05, 0.1) is 5.56 Å². The quantitative estimate of drug-likeness (QED) is 0.865. The Balaban J connectivity index is 1.34. The Hall–Kier alpha value is -2.60. The van der Waals surface area contributed by atoms with Gasteiger partial charge in [0.25, 0.3) is 5.91 Å². The number of hydrogen-bond acceptors (Lipinski definition) is 5. The van der Waals surface area contributed by atoms with Gasteiger partial charge < -0.3 is 20.0 Å². The predicted molar refractivity (Wildman–Crippen MR) is 113 cm³/mol. The van der Waals surface area contributed by atoms with E-state index in [1.54, 1.807) is 6.20 Å². The van der Waals surface area contributed by atoms with Crippen molar-refractivity contribution in [3.63, 3.8) is 0 Å². The van der Waals surface area contributed by atoms with Crippen LogP contribution in [0.3, 0.4) is 0 Å². The van der Waals surface area contributed by atoms with Gasteiger partial charge in [0, 0.05) is 56.8 Å². The molecule has 1 aromatic heterocycles. The van der Waals surface area contributed by atoms with Crippen molar-refractivity contribution >= 4 is 23.1 Å². The van der Waals surface area contributed by atoms with Crippen LogP contribution in [0.2, 0.25) is 0 Å². The summed E-state index contributed by atoms with van der Waals surface area (Å²) in [5.74, 6) is 0.825. The van der Waals surface area contributed by atoms with Gasteiger partial charge >= 0.3 is 0 Å². The van der Waals surface area contributed by atoms with E-state index >= 15 is 0 Å². The van der Waals surface area contributed by atoms with Crippen LogP contribution in [0.5, 0.6) is 0 Å². The third-order valence-corrected chi connectivity index (χ3v) is 5.73. The SMILES string of the molecule is CCN1CCN(C(=O)c2ccc(Nc3ccc(N4CCCC4)cc3)nc2)CC1. The average molecular weight is 380 g/mol. The second-order valence-electron chi connectivity index (χ2n) is 7.52. The molecule has 6 heteroatoms. The number of carbonyl (C=O) groups excluding carboxylic acids is 1. The third-order valence-electron chi connectivity index (χ3n) is 5.73. The Bertz CT molecular complexity index is 776. The third kappa shape index (κ3) is 4.28. The summed E-state index contributed by atoms with van der Waals surface area (Å²) in [6.45, 7) is 8.97. The maximum atomic E-state index is 12.7. The largest absolute Gasteiger partial charge is 0.372 e. The number of nitrogens with zero attached hydrogens (tertiary/aromatic N) is 4. The Kier molecular flexibility index (Phi) is 5.76. The van der Waals surface area contributed by atoms with Crippen LogP contribution in [0.25, 0.3) is 0 Å². The van der Waals surface area contributed by atoms with Gasteiger partial charge in [-0.05, 0) is 55.8 Å². The van der Waals surface area contributed by atoms with Crippen LogP contribution in [0, 0.1) is 0 Å². The van der Waals surface area contributed by atoms with Crippen LogP contribution >= 0.6 is 0 Å². The maximum absolute atomic E-state index is 12.7. The molecule has 0 unspecified atom stereocenters. The Labute approximate surface area is 167 Å². The molecule has 148 valence electrons. The molecule has 0 spiro atoms. The number of pyridine rings is 1. The molecule has 2 aromatic rings. The predicted octanol–water partition coefficient (Wildman–Crippen LogP) is 3.20. The number of hydrogen-bond donors (Lipinski definition) is 1. The molecule has 0 atom stereocenters. The number of carbonyl (C=O) groups is 1. The molecule has 2 saturated heterocycles. The van der Waals surface area contributed by atoms with Crippen LogP contribution in [-0.4, -0.2) is 66.5 Å². The molecule has 0 radical (unpaired) electrons. The van der Waals surface area contributed by atoms with Gasteiger partial charge in [-0.15, -0.1) is 0 Å². The van der Waals surface area contributed by atoms with Crippen LogP contribution in [0.4, 0.5) is 17.2 Å². The summed E-state index contributed by atoms with van der Waals surface area (Å²) in [6, 6.07) is 12.2.